The van der Waals surface area contributed by atoms with Crippen molar-refractivity contribution >= 4 is 11.9 Å². The molecule has 0 aromatic heterocycles. The van der Waals surface area contributed by atoms with Crippen LogP contribution in [0.5, 0.6) is 0 Å². The maximum Gasteiger partial charge on any atom is 0.197 e. The van der Waals surface area contributed by atoms with Gasteiger partial charge >= 0.3 is 0 Å². The molecule has 0 aromatic rings. The molecule has 0 aliphatic carbocycles. The molecule has 0 saturated heterocycles. The summed E-state index contributed by atoms with van der Waals surface area (Å²) in [5, 5.41) is 14.3. The van der Waals surface area contributed by atoms with Crippen molar-refractivity contribution in [3.63, 3.8) is 0 Å². The van der Waals surface area contributed by atoms with Crippen LogP contribution in [-0.2, 0) is 0 Å². The van der Waals surface area contributed by atoms with Gasteiger partial charge in [-0.05, 0) is 0 Å². The minimum atomic E-state index is -2.61. The zero-order valence-corrected chi connectivity index (χ0v) is 4.84. The first kappa shape index (κ1) is 2.17. The molecule has 5 nitrogen and oxygen atoms in total. The Bertz CT molecular complexity index is 261. The number of nitrogens with one attached hydrogen (secondary N) is 3. The molecule has 0 amide bonds. The summed E-state index contributed by atoms with van der Waals surface area (Å²) in [6.45, 7) is -2.61. The fraction of sp³-hybridized carbons (Fsp3) is 0.500. The van der Waals surface area contributed by atoms with E-state index in [1.165, 1.54) is 0 Å². The molecule has 9 heavy (non-hydrogen) atoms. The van der Waals surface area contributed by atoms with Gasteiger partial charge in [-0.1, -0.05) is 0 Å². The monoisotopic (exact) mass is 135 g/mol. The van der Waals surface area contributed by atoms with Crippen LogP contribution in [0.2, 0.25) is 4.24 Å². The Morgan fingerprint density at radius 1 is 2.00 bits per heavy atom. The van der Waals surface area contributed by atoms with Gasteiger partial charge in [0.2, 0.25) is 0 Å². The summed E-state index contributed by atoms with van der Waals surface area (Å²) in [5.41, 5.74) is -0.200. The Kier molecular flexibility index (Phi) is 0.700. The lowest BCUT2D eigenvalue weighted by Gasteiger charge is -2.13. The number of rotatable bonds is 0. The molecule has 5 heteroatoms. The minimum Gasteiger partial charge on any atom is -0.370 e. The Labute approximate surface area is 62.5 Å². The van der Waals surface area contributed by atoms with Crippen molar-refractivity contribution in [2.45, 2.75) is 0 Å². The predicted octanol–water partition coefficient (Wildman–Crippen LogP) is -1.03. The van der Waals surface area contributed by atoms with Crippen LogP contribution in [-0.4, -0.2) is 30.8 Å². The van der Waals surface area contributed by atoms with Crippen molar-refractivity contribution < 1.29 is 8.35 Å². The lowest BCUT2D eigenvalue weighted by atomic mass is 10.8. The average Bonchev–Trinajstić information content (AvgIpc) is 2.11. The number of hydrogen-bond acceptors (Lipinski definition) is 2. The Hall–Kier alpha value is -1.26. The van der Waals surface area contributed by atoms with Crippen LogP contribution in [0.1, 0.15) is 4.11 Å². The van der Waals surface area contributed by atoms with Gasteiger partial charge in [0.25, 0.3) is 0 Å². The maximum atomic E-state index is 7.25. The van der Waals surface area contributed by atoms with E-state index < -0.39 is 18.9 Å². The largest absolute Gasteiger partial charge is 0.370 e. The first-order valence-corrected chi connectivity index (χ1v) is 2.07. The molecule has 0 aliphatic heterocycles. The SMILES string of the molecule is [2H]N([2H])C(=N)N([2H])C(=N)N(C)C([2H])([2H])[2H]. The summed E-state index contributed by atoms with van der Waals surface area (Å²) in [5.74, 6) is -1.76. The predicted molar refractivity (Wildman–Crippen MR) is 36.5 cm³/mol. The fourth-order valence-electron chi connectivity index (χ4n) is 0.175. The van der Waals surface area contributed by atoms with E-state index >= 15 is 0 Å². The molecule has 0 fully saturated rings. The van der Waals surface area contributed by atoms with Crippen LogP contribution in [0.3, 0.4) is 0 Å². The fourth-order valence-corrected chi connectivity index (χ4v) is 0.175. The lowest BCUT2D eigenvalue weighted by Crippen LogP contribution is -2.42. The van der Waals surface area contributed by atoms with Gasteiger partial charge in [-0.2, -0.15) is 0 Å². The molecule has 0 atom stereocenters. The van der Waals surface area contributed by atoms with Crippen molar-refractivity contribution in [2.75, 3.05) is 14.0 Å². The molecule has 0 unspecified atom stereocenters. The summed E-state index contributed by atoms with van der Waals surface area (Å²) in [4.78, 5) is 0.484. The van der Waals surface area contributed by atoms with Gasteiger partial charge in [0.1, 0.15) is 0 Å². The highest BCUT2D eigenvalue weighted by Crippen LogP contribution is 1.70. The van der Waals surface area contributed by atoms with Gasteiger partial charge in [-0.15, -0.1) is 0 Å². The summed E-state index contributed by atoms with van der Waals surface area (Å²) in [6, 6.07) is 0. The molecule has 5 N–H and O–H groups in total. The van der Waals surface area contributed by atoms with Crippen LogP contribution < -0.4 is 11.0 Å². The highest BCUT2D eigenvalue weighted by atomic mass is 15.3. The van der Waals surface area contributed by atoms with E-state index in [2.05, 4.69) is 0 Å². The molecule has 0 bridgehead atoms. The van der Waals surface area contributed by atoms with Gasteiger partial charge in [0, 0.05) is 18.1 Å². The standard InChI is InChI=1S/C4H11N5/c1-9(2)4(7)8-3(5)6/h1-2H3,(H5,5,6,7,8)/i1D3/hD3. The van der Waals surface area contributed by atoms with Gasteiger partial charge in [-0.25, -0.2) is 0 Å². The zero-order chi connectivity index (χ0) is 12.4. The van der Waals surface area contributed by atoms with E-state index in [0.717, 1.165) is 7.05 Å². The summed E-state index contributed by atoms with van der Waals surface area (Å²) < 4.78 is 41.3. The van der Waals surface area contributed by atoms with E-state index in [4.69, 9.17) is 19.2 Å². The lowest BCUT2D eigenvalue weighted by molar-refractivity contribution is 0.599. The van der Waals surface area contributed by atoms with E-state index in [-0.39, 0.29) is 11.0 Å². The molecular weight excluding hydrogens is 118 g/mol. The molecule has 0 heterocycles. The van der Waals surface area contributed by atoms with E-state index in [9.17, 15) is 0 Å². The van der Waals surface area contributed by atoms with E-state index in [1.54, 1.807) is 0 Å². The van der Waals surface area contributed by atoms with Crippen molar-refractivity contribution in [3.05, 3.63) is 0 Å². The number of hydrogen-bond donors (Lipinski definition) is 4. The van der Waals surface area contributed by atoms with Crippen LogP contribution in [0, 0.1) is 10.8 Å². The Morgan fingerprint density at radius 3 is 3.11 bits per heavy atom. The quantitative estimate of drug-likeness (QED) is 0.253. The molecule has 0 radical (unpaired) electrons. The van der Waals surface area contributed by atoms with Crippen molar-refractivity contribution in [1.82, 2.24) is 10.2 Å². The first-order valence-electron chi connectivity index (χ1n) is 4.91. The second-order valence-electron chi connectivity index (χ2n) is 1.32. The molecule has 52 valence electrons. The zero-order valence-electron chi connectivity index (χ0n) is 10.8. The number of guanidine groups is 2. The third kappa shape index (κ3) is 3.33. The summed E-state index contributed by atoms with van der Waals surface area (Å²) >= 11 is 0. The smallest absolute Gasteiger partial charge is 0.197 e. The molecule has 0 saturated carbocycles. The summed E-state index contributed by atoms with van der Waals surface area (Å²) in [6.07, 6.45) is 0. The minimum absolute atomic E-state index is 0.0619. The normalized spacial score (nSPS) is 18.8. The van der Waals surface area contributed by atoms with Crippen molar-refractivity contribution in [1.29, 1.82) is 10.8 Å². The van der Waals surface area contributed by atoms with Crippen LogP contribution in [0.15, 0.2) is 0 Å². The van der Waals surface area contributed by atoms with Gasteiger partial charge < -0.3 is 10.6 Å². The van der Waals surface area contributed by atoms with Gasteiger partial charge in [0.15, 0.2) is 16.2 Å². The number of nitrogens with zero attached hydrogens (tertiary/aromatic N) is 1. The van der Waals surface area contributed by atoms with Crippen molar-refractivity contribution in [2.24, 2.45) is 5.72 Å². The van der Waals surface area contributed by atoms with E-state index in [1.807, 2.05) is 0 Å². The first-order chi connectivity index (χ1) is 6.59. The van der Waals surface area contributed by atoms with E-state index in [0.29, 0.717) is 4.90 Å². The molecule has 0 rings (SSSR count). The number of nitrogens with two attached hydrogens (primary N) is 1. The van der Waals surface area contributed by atoms with Crippen LogP contribution in [0.4, 0.5) is 0 Å². The Morgan fingerprint density at radius 2 is 2.67 bits per heavy atom. The van der Waals surface area contributed by atoms with Crippen molar-refractivity contribution in [3.8, 4) is 0 Å². The highest BCUT2D eigenvalue weighted by Gasteiger charge is 1.96. The van der Waals surface area contributed by atoms with Gasteiger partial charge in [0.05, 0.1) is 0 Å². The van der Waals surface area contributed by atoms with Gasteiger partial charge in [-0.3, -0.25) is 16.1 Å². The maximum absolute atomic E-state index is 7.25. The molecule has 0 spiro atoms. The highest BCUT2D eigenvalue weighted by molar-refractivity contribution is 5.94. The van der Waals surface area contributed by atoms with Crippen LogP contribution >= 0.6 is 0 Å². The summed E-state index contributed by atoms with van der Waals surface area (Å²) in [7, 11) is 1.06. The third-order valence-electron chi connectivity index (χ3n) is 0.530. The third-order valence-corrected chi connectivity index (χ3v) is 0.530. The second-order valence-corrected chi connectivity index (χ2v) is 1.32. The topological polar surface area (TPSA) is 89.0 Å². The Balaban J connectivity index is 4.67. The molecule has 0 aliphatic rings. The molecular formula is C4H11N5. The van der Waals surface area contributed by atoms with Crippen LogP contribution in [0.25, 0.3) is 0 Å². The average molecular weight is 135 g/mol. The molecule has 0 aromatic carbocycles. The second kappa shape index (κ2) is 2.91.